The highest BCUT2D eigenvalue weighted by Gasteiger charge is 2.13. The normalized spacial score (nSPS) is 10.2. The van der Waals surface area contributed by atoms with Crippen molar-refractivity contribution in [2.45, 2.75) is 6.92 Å². The monoisotopic (exact) mass is 322 g/mol. The van der Waals surface area contributed by atoms with E-state index in [1.807, 2.05) is 25.1 Å². The van der Waals surface area contributed by atoms with Crippen molar-refractivity contribution in [3.63, 3.8) is 0 Å². The molecular formula is C12H11BrN4O2. The van der Waals surface area contributed by atoms with Crippen molar-refractivity contribution in [2.75, 3.05) is 11.1 Å². The third-order valence-electron chi connectivity index (χ3n) is 2.55. The fourth-order valence-corrected chi connectivity index (χ4v) is 1.94. The average molecular weight is 323 g/mol. The van der Waals surface area contributed by atoms with Crippen LogP contribution in [0.5, 0.6) is 0 Å². The van der Waals surface area contributed by atoms with Crippen LogP contribution in [0, 0.1) is 17.0 Å². The van der Waals surface area contributed by atoms with Gasteiger partial charge in [0.25, 0.3) is 0 Å². The molecule has 0 atom stereocenters. The maximum atomic E-state index is 10.6. The zero-order valence-electron chi connectivity index (χ0n) is 10.1. The van der Waals surface area contributed by atoms with Crippen LogP contribution in [0.1, 0.15) is 5.56 Å². The molecule has 0 radical (unpaired) electrons. The number of nitrogens with two attached hydrogens (primary N) is 1. The van der Waals surface area contributed by atoms with Gasteiger partial charge in [-0.15, -0.1) is 0 Å². The molecule has 6 nitrogen and oxygen atoms in total. The fourth-order valence-electron chi connectivity index (χ4n) is 1.57. The number of rotatable bonds is 3. The lowest BCUT2D eigenvalue weighted by molar-refractivity contribution is -0.384. The van der Waals surface area contributed by atoms with Crippen molar-refractivity contribution < 1.29 is 4.92 Å². The van der Waals surface area contributed by atoms with Gasteiger partial charge in [0.2, 0.25) is 5.82 Å². The van der Waals surface area contributed by atoms with E-state index in [1.54, 1.807) is 0 Å². The predicted octanol–water partition coefficient (Wildman–Crippen LogP) is 3.39. The van der Waals surface area contributed by atoms with Crippen molar-refractivity contribution in [1.82, 2.24) is 4.98 Å². The van der Waals surface area contributed by atoms with E-state index in [2.05, 4.69) is 26.2 Å². The van der Waals surface area contributed by atoms with E-state index in [0.29, 0.717) is 5.82 Å². The van der Waals surface area contributed by atoms with Gasteiger partial charge in [0.05, 0.1) is 10.6 Å². The summed E-state index contributed by atoms with van der Waals surface area (Å²) < 4.78 is 0.911. The molecule has 0 aliphatic heterocycles. The molecule has 1 heterocycles. The van der Waals surface area contributed by atoms with Crippen molar-refractivity contribution >= 4 is 38.9 Å². The summed E-state index contributed by atoms with van der Waals surface area (Å²) in [5.74, 6) is 0.341. The Balaban J connectivity index is 2.32. The third-order valence-corrected chi connectivity index (χ3v) is 3.61. The maximum Gasteiger partial charge on any atom is 0.311 e. The molecule has 1 aromatic heterocycles. The number of benzene rings is 1. The third kappa shape index (κ3) is 2.82. The van der Waals surface area contributed by atoms with Crippen molar-refractivity contribution in [2.24, 2.45) is 0 Å². The highest BCUT2D eigenvalue weighted by Crippen LogP contribution is 2.29. The lowest BCUT2D eigenvalue weighted by atomic mass is 10.2. The molecule has 3 N–H and O–H groups in total. The van der Waals surface area contributed by atoms with E-state index in [1.165, 1.54) is 12.1 Å². The van der Waals surface area contributed by atoms with Crippen molar-refractivity contribution in [3.05, 3.63) is 50.5 Å². The topological polar surface area (TPSA) is 94.1 Å². The SMILES string of the molecule is Cc1cccc(Nc2ccc([N+](=O)[O-])c(N)n2)c1Br. The lowest BCUT2D eigenvalue weighted by Gasteiger charge is -2.09. The Morgan fingerprint density at radius 2 is 2.11 bits per heavy atom. The number of anilines is 3. The van der Waals surface area contributed by atoms with E-state index in [9.17, 15) is 10.1 Å². The summed E-state index contributed by atoms with van der Waals surface area (Å²) in [4.78, 5) is 14.1. The Morgan fingerprint density at radius 3 is 2.74 bits per heavy atom. The second-order valence-corrected chi connectivity index (χ2v) is 4.71. The molecule has 0 spiro atoms. The van der Waals surface area contributed by atoms with Gasteiger partial charge in [-0.2, -0.15) is 0 Å². The van der Waals surface area contributed by atoms with Crippen LogP contribution < -0.4 is 11.1 Å². The zero-order chi connectivity index (χ0) is 14.0. The van der Waals surface area contributed by atoms with Gasteiger partial charge in [-0.1, -0.05) is 12.1 Å². The lowest BCUT2D eigenvalue weighted by Crippen LogP contribution is -2.02. The minimum atomic E-state index is -0.561. The summed E-state index contributed by atoms with van der Waals surface area (Å²) in [6, 6.07) is 8.58. The number of aryl methyl sites for hydroxylation is 1. The average Bonchev–Trinajstić information content (AvgIpc) is 2.34. The number of nitrogens with zero attached hydrogens (tertiary/aromatic N) is 2. The van der Waals surface area contributed by atoms with Crippen LogP contribution in [-0.2, 0) is 0 Å². The van der Waals surface area contributed by atoms with Gasteiger partial charge in [-0.25, -0.2) is 4.98 Å². The molecule has 2 rings (SSSR count). The second-order valence-electron chi connectivity index (χ2n) is 3.92. The molecule has 1 aromatic carbocycles. The molecule has 19 heavy (non-hydrogen) atoms. The Hall–Kier alpha value is -2.15. The molecule has 7 heteroatoms. The highest BCUT2D eigenvalue weighted by molar-refractivity contribution is 9.10. The summed E-state index contributed by atoms with van der Waals surface area (Å²) in [6.45, 7) is 1.97. The molecule has 0 saturated carbocycles. The number of hydrogen-bond acceptors (Lipinski definition) is 5. The first-order chi connectivity index (χ1) is 8.99. The summed E-state index contributed by atoms with van der Waals surface area (Å²) in [7, 11) is 0. The summed E-state index contributed by atoms with van der Waals surface area (Å²) in [5, 5.41) is 13.7. The molecule has 98 valence electrons. The summed E-state index contributed by atoms with van der Waals surface area (Å²) in [5.41, 5.74) is 7.23. The van der Waals surface area contributed by atoms with Crippen LogP contribution in [0.3, 0.4) is 0 Å². The number of hydrogen-bond donors (Lipinski definition) is 2. The number of nitro groups is 1. The molecule has 0 aliphatic rings. The number of nitrogen functional groups attached to an aromatic ring is 1. The summed E-state index contributed by atoms with van der Waals surface area (Å²) >= 11 is 3.46. The molecule has 0 aliphatic carbocycles. The molecule has 2 aromatic rings. The number of halogens is 1. The molecule has 0 amide bonds. The molecule has 0 saturated heterocycles. The van der Waals surface area contributed by atoms with E-state index in [0.717, 1.165) is 15.7 Å². The largest absolute Gasteiger partial charge is 0.378 e. The van der Waals surface area contributed by atoms with Crippen LogP contribution in [0.25, 0.3) is 0 Å². The van der Waals surface area contributed by atoms with Crippen molar-refractivity contribution in [3.8, 4) is 0 Å². The zero-order valence-corrected chi connectivity index (χ0v) is 11.6. The smallest absolute Gasteiger partial charge is 0.311 e. The quantitative estimate of drug-likeness (QED) is 0.667. The van der Waals surface area contributed by atoms with Crippen molar-refractivity contribution in [1.29, 1.82) is 0 Å². The van der Waals surface area contributed by atoms with E-state index < -0.39 is 4.92 Å². The Morgan fingerprint density at radius 1 is 1.37 bits per heavy atom. The van der Waals surface area contributed by atoms with Gasteiger partial charge < -0.3 is 11.1 Å². The predicted molar refractivity (Wildman–Crippen MR) is 77.5 cm³/mol. The highest BCUT2D eigenvalue weighted by atomic mass is 79.9. The van der Waals surface area contributed by atoms with Gasteiger partial charge in [-0.3, -0.25) is 10.1 Å². The van der Waals surface area contributed by atoms with Crippen LogP contribution in [-0.4, -0.2) is 9.91 Å². The molecule has 0 fully saturated rings. The first-order valence-corrected chi connectivity index (χ1v) is 6.21. The standard InChI is InChI=1S/C12H11BrN4O2/c1-7-3-2-4-8(11(7)13)15-10-6-5-9(17(18)19)12(14)16-10/h2-6H,1H3,(H3,14,15,16). The Bertz CT molecular complexity index is 646. The van der Waals surface area contributed by atoms with Gasteiger partial charge in [-0.05, 0) is 40.5 Å². The second kappa shape index (κ2) is 5.23. The van der Waals surface area contributed by atoms with Crippen LogP contribution in [0.15, 0.2) is 34.8 Å². The number of nitrogens with one attached hydrogen (secondary N) is 1. The fraction of sp³-hybridized carbons (Fsp3) is 0.0833. The maximum absolute atomic E-state index is 10.6. The number of pyridine rings is 1. The Labute approximate surface area is 117 Å². The first-order valence-electron chi connectivity index (χ1n) is 5.42. The van der Waals surface area contributed by atoms with Crippen LogP contribution in [0.2, 0.25) is 0 Å². The number of aromatic nitrogens is 1. The minimum absolute atomic E-state index is 0.112. The van der Waals surface area contributed by atoms with Crippen LogP contribution >= 0.6 is 15.9 Å². The van der Waals surface area contributed by atoms with Gasteiger partial charge in [0, 0.05) is 10.5 Å². The first kappa shape index (κ1) is 13.3. The Kier molecular flexibility index (Phi) is 3.66. The van der Waals surface area contributed by atoms with Crippen LogP contribution in [0.4, 0.5) is 23.0 Å². The van der Waals surface area contributed by atoms with E-state index >= 15 is 0 Å². The minimum Gasteiger partial charge on any atom is -0.378 e. The van der Waals surface area contributed by atoms with Gasteiger partial charge in [0.15, 0.2) is 0 Å². The van der Waals surface area contributed by atoms with Gasteiger partial charge >= 0.3 is 5.69 Å². The van der Waals surface area contributed by atoms with E-state index in [4.69, 9.17) is 5.73 Å². The molecular weight excluding hydrogens is 312 g/mol. The molecule has 0 bridgehead atoms. The summed E-state index contributed by atoms with van der Waals surface area (Å²) in [6.07, 6.45) is 0. The van der Waals surface area contributed by atoms with E-state index in [-0.39, 0.29) is 11.5 Å². The molecule has 0 unspecified atom stereocenters. The van der Waals surface area contributed by atoms with Gasteiger partial charge in [0.1, 0.15) is 5.82 Å².